The van der Waals surface area contributed by atoms with Gasteiger partial charge >= 0.3 is 0 Å². The van der Waals surface area contributed by atoms with Gasteiger partial charge in [0.15, 0.2) is 18.9 Å². The predicted octanol–water partition coefficient (Wildman–Crippen LogP) is -6.81. The summed E-state index contributed by atoms with van der Waals surface area (Å²) in [5.41, 5.74) is 30.7. The molecule has 0 bridgehead atoms. The van der Waals surface area contributed by atoms with Gasteiger partial charge in [-0.1, -0.05) is 0 Å². The van der Waals surface area contributed by atoms with Crippen molar-refractivity contribution in [3.63, 3.8) is 0 Å². The minimum atomic E-state index is -1.53. The van der Waals surface area contributed by atoms with Crippen molar-refractivity contribution in [3.8, 4) is 0 Å². The van der Waals surface area contributed by atoms with Crippen LogP contribution >= 0.6 is 0 Å². The molecule has 18 atom stereocenters. The molecule has 5 fully saturated rings. The van der Waals surface area contributed by atoms with E-state index in [1.54, 1.807) is 0 Å². The Morgan fingerprint density at radius 3 is 2.09 bits per heavy atom. The summed E-state index contributed by atoms with van der Waals surface area (Å²) in [5, 5.41) is 56.3. The minimum Gasteiger partial charge on any atom is -0.394 e. The summed E-state index contributed by atoms with van der Waals surface area (Å²) in [6, 6.07) is -3.19. The summed E-state index contributed by atoms with van der Waals surface area (Å²) < 4.78 is 41.5. The number of morpholine rings is 1. The molecule has 5 rings (SSSR count). The number of hydrogen-bond donors (Lipinski definition) is 11. The average molecular weight is 639 g/mol. The van der Waals surface area contributed by atoms with E-state index in [0.717, 1.165) is 0 Å². The number of aliphatic hydroxyl groups is 5. The highest BCUT2D eigenvalue weighted by atomic mass is 16.8. The maximum absolute atomic E-state index is 11.2. The van der Waals surface area contributed by atoms with E-state index in [1.807, 2.05) is 0 Å². The van der Waals surface area contributed by atoms with E-state index in [1.165, 1.54) is 0 Å². The SMILES string of the molecule is NC[C@@H]1OC(O[C@H]2[C@@H](O)[C@H](O[C@@H]3[C@@H](O)[C@H](N)C[C@H](N)[C@H]3O[C@H]3O[C@H]([C@@H]4COCCN4)CC[C@H]3N)O[C@@H]2CO)[C@H](N)[C@@H](O)[C@@H]1O. The Kier molecular flexibility index (Phi) is 11.8. The van der Waals surface area contributed by atoms with Crippen LogP contribution < -0.4 is 34.0 Å². The lowest BCUT2D eigenvalue weighted by Crippen LogP contribution is -2.66. The van der Waals surface area contributed by atoms with Gasteiger partial charge in [-0.3, -0.25) is 0 Å². The van der Waals surface area contributed by atoms with Crippen LogP contribution in [0, 0.1) is 0 Å². The Labute approximate surface area is 255 Å². The highest BCUT2D eigenvalue weighted by Crippen LogP contribution is 2.34. The Balaban J connectivity index is 1.28. The third-order valence-electron chi connectivity index (χ3n) is 9.23. The standard InChI is InChI=1S/C26H50N6O12/c27-6-14-18(35)19(36)16(31)25(40-14)43-22-15(7-33)41-26(20(22)37)44-23-17(34)10(29)5-11(30)21(23)42-24-9(28)1-2-13(39-24)12-8-38-4-3-32-12/h9-26,32-37H,1-8,27-31H2/t9-,10-,11+,12+,13+,14+,15-,16-,17+,18-,19-,20-,21-,22-,23-,24-,25?,26+/m1/s1. The number of aliphatic hydroxyl groups excluding tert-OH is 5. The fraction of sp³-hybridized carbons (Fsp3) is 1.00. The highest BCUT2D eigenvalue weighted by molar-refractivity contribution is 5.01. The smallest absolute Gasteiger partial charge is 0.187 e. The zero-order valence-corrected chi connectivity index (χ0v) is 24.5. The first-order valence-electron chi connectivity index (χ1n) is 15.3. The molecular formula is C26H50N6O12. The van der Waals surface area contributed by atoms with E-state index in [2.05, 4.69) is 5.32 Å². The van der Waals surface area contributed by atoms with Crippen molar-refractivity contribution in [1.29, 1.82) is 0 Å². The molecule has 5 aliphatic rings. The predicted molar refractivity (Wildman–Crippen MR) is 149 cm³/mol. The lowest BCUT2D eigenvalue weighted by molar-refractivity contribution is -0.291. The second kappa shape index (κ2) is 15.0. The van der Waals surface area contributed by atoms with Gasteiger partial charge < -0.3 is 92.7 Å². The Bertz CT molecular complexity index is 910. The van der Waals surface area contributed by atoms with Crippen LogP contribution in [-0.2, 0) is 33.2 Å². The topological polar surface area (TPSA) is 308 Å². The first kappa shape index (κ1) is 34.6. The second-order valence-corrected chi connectivity index (χ2v) is 12.3. The second-order valence-electron chi connectivity index (χ2n) is 12.3. The van der Waals surface area contributed by atoms with Crippen LogP contribution in [0.25, 0.3) is 0 Å². The summed E-state index contributed by atoms with van der Waals surface area (Å²) in [6.07, 6.45) is -13.4. The van der Waals surface area contributed by atoms with E-state index >= 15 is 0 Å². The first-order valence-corrected chi connectivity index (χ1v) is 15.3. The third kappa shape index (κ3) is 7.23. The Morgan fingerprint density at radius 2 is 1.41 bits per heavy atom. The van der Waals surface area contributed by atoms with Crippen molar-refractivity contribution in [1.82, 2.24) is 5.32 Å². The summed E-state index contributed by atoms with van der Waals surface area (Å²) in [5.74, 6) is 0. The van der Waals surface area contributed by atoms with Gasteiger partial charge in [0.1, 0.15) is 48.8 Å². The fourth-order valence-electron chi connectivity index (χ4n) is 6.56. The van der Waals surface area contributed by atoms with Crippen molar-refractivity contribution < 1.29 is 58.7 Å². The van der Waals surface area contributed by atoms with Crippen molar-refractivity contribution in [3.05, 3.63) is 0 Å². The fourth-order valence-corrected chi connectivity index (χ4v) is 6.56. The van der Waals surface area contributed by atoms with Gasteiger partial charge in [-0.25, -0.2) is 0 Å². The summed E-state index contributed by atoms with van der Waals surface area (Å²) >= 11 is 0. The van der Waals surface area contributed by atoms with Gasteiger partial charge in [0.05, 0.1) is 50.2 Å². The molecule has 18 heteroatoms. The van der Waals surface area contributed by atoms with Crippen LogP contribution in [0.15, 0.2) is 0 Å². The number of nitrogens with two attached hydrogens (primary N) is 5. The van der Waals surface area contributed by atoms with Crippen LogP contribution in [-0.4, -0.2) is 169 Å². The quantitative estimate of drug-likeness (QED) is 0.112. The van der Waals surface area contributed by atoms with Gasteiger partial charge in [0.2, 0.25) is 0 Å². The molecule has 256 valence electrons. The molecule has 4 saturated heterocycles. The van der Waals surface area contributed by atoms with E-state index in [-0.39, 0.29) is 25.1 Å². The normalized spacial score (nSPS) is 52.2. The molecule has 0 aromatic heterocycles. The van der Waals surface area contributed by atoms with Gasteiger partial charge in [-0.05, 0) is 19.3 Å². The molecule has 1 unspecified atom stereocenters. The Morgan fingerprint density at radius 1 is 0.705 bits per heavy atom. The van der Waals surface area contributed by atoms with Crippen molar-refractivity contribution in [2.75, 3.05) is 32.9 Å². The summed E-state index contributed by atoms with van der Waals surface area (Å²) in [6.45, 7) is 1.09. The van der Waals surface area contributed by atoms with Crippen molar-refractivity contribution in [2.45, 2.75) is 129 Å². The van der Waals surface area contributed by atoms with Gasteiger partial charge in [0, 0.05) is 25.2 Å². The van der Waals surface area contributed by atoms with Crippen molar-refractivity contribution >= 4 is 0 Å². The van der Waals surface area contributed by atoms with Gasteiger partial charge in [-0.2, -0.15) is 0 Å². The number of nitrogens with one attached hydrogen (secondary N) is 1. The molecule has 0 radical (unpaired) electrons. The molecule has 0 aromatic carbocycles. The van der Waals surface area contributed by atoms with Gasteiger partial charge in [0.25, 0.3) is 0 Å². The molecule has 0 amide bonds. The molecule has 4 aliphatic heterocycles. The van der Waals surface area contributed by atoms with E-state index in [9.17, 15) is 25.5 Å². The summed E-state index contributed by atoms with van der Waals surface area (Å²) in [7, 11) is 0. The monoisotopic (exact) mass is 638 g/mol. The zero-order chi connectivity index (χ0) is 31.7. The van der Waals surface area contributed by atoms with Crippen LogP contribution in [0.2, 0.25) is 0 Å². The molecule has 1 saturated carbocycles. The maximum atomic E-state index is 11.2. The lowest BCUT2D eigenvalue weighted by Gasteiger charge is -2.46. The van der Waals surface area contributed by atoms with Crippen LogP contribution in [0.3, 0.4) is 0 Å². The first-order chi connectivity index (χ1) is 21.0. The molecule has 44 heavy (non-hydrogen) atoms. The van der Waals surface area contributed by atoms with E-state index < -0.39 is 105 Å². The maximum Gasteiger partial charge on any atom is 0.187 e. The number of hydrogen-bond acceptors (Lipinski definition) is 18. The molecule has 0 aromatic rings. The van der Waals surface area contributed by atoms with Crippen LogP contribution in [0.4, 0.5) is 0 Å². The largest absolute Gasteiger partial charge is 0.394 e. The molecular weight excluding hydrogens is 588 g/mol. The number of rotatable bonds is 9. The number of ether oxygens (including phenoxy) is 7. The lowest BCUT2D eigenvalue weighted by atomic mass is 9.84. The van der Waals surface area contributed by atoms with Crippen LogP contribution in [0.1, 0.15) is 19.3 Å². The minimum absolute atomic E-state index is 0.0337. The highest BCUT2D eigenvalue weighted by Gasteiger charge is 2.53. The third-order valence-corrected chi connectivity index (χ3v) is 9.23. The Hall–Kier alpha value is -0.720. The van der Waals surface area contributed by atoms with Crippen LogP contribution in [0.5, 0.6) is 0 Å². The average Bonchev–Trinajstić information content (AvgIpc) is 3.32. The van der Waals surface area contributed by atoms with Crippen molar-refractivity contribution in [2.24, 2.45) is 28.7 Å². The molecule has 16 N–H and O–H groups in total. The molecule has 4 heterocycles. The molecule has 0 spiro atoms. The molecule has 1 aliphatic carbocycles. The van der Waals surface area contributed by atoms with E-state index in [0.29, 0.717) is 32.6 Å². The molecule has 18 nitrogen and oxygen atoms in total. The zero-order valence-electron chi connectivity index (χ0n) is 24.5. The van der Waals surface area contributed by atoms with Gasteiger partial charge in [-0.15, -0.1) is 0 Å². The van der Waals surface area contributed by atoms with E-state index in [4.69, 9.17) is 61.8 Å². The summed E-state index contributed by atoms with van der Waals surface area (Å²) in [4.78, 5) is 0.